The number of hydrogen-bond acceptors (Lipinski definition) is 3. The van der Waals surface area contributed by atoms with Crippen molar-refractivity contribution in [3.63, 3.8) is 0 Å². The van der Waals surface area contributed by atoms with Gasteiger partial charge in [-0.25, -0.2) is 0 Å². The Morgan fingerprint density at radius 1 is 1.46 bits per heavy atom. The molecule has 0 aliphatic rings. The van der Waals surface area contributed by atoms with Gasteiger partial charge in [0.2, 0.25) is 0 Å². The lowest BCUT2D eigenvalue weighted by atomic mass is 10.0. The Hall–Kier alpha value is -0.120. The molecule has 0 aromatic heterocycles. The zero-order valence-electron chi connectivity index (χ0n) is 9.21. The van der Waals surface area contributed by atoms with Crippen molar-refractivity contribution in [3.05, 3.63) is 0 Å². The van der Waals surface area contributed by atoms with Crippen LogP contribution < -0.4 is 5.73 Å². The van der Waals surface area contributed by atoms with Crippen LogP contribution in [0.15, 0.2) is 0 Å². The molecule has 13 heavy (non-hydrogen) atoms. The van der Waals surface area contributed by atoms with E-state index in [1.54, 1.807) is 0 Å². The second-order valence-electron chi connectivity index (χ2n) is 4.21. The maximum absolute atomic E-state index is 9.02. The molecular formula is C10H23NO2. The Bertz CT molecular complexity index is 135. The molecule has 0 aliphatic carbocycles. The molecule has 3 N–H and O–H groups in total. The molecule has 0 fully saturated rings. The van der Waals surface area contributed by atoms with Crippen LogP contribution in [0.4, 0.5) is 0 Å². The second kappa shape index (κ2) is 5.58. The first-order valence-corrected chi connectivity index (χ1v) is 4.97. The SMILES string of the molecule is CCCC(C)(C)OC(CO)C(C)N. The lowest BCUT2D eigenvalue weighted by molar-refractivity contribution is -0.101. The summed E-state index contributed by atoms with van der Waals surface area (Å²) in [6.07, 6.45) is 1.81. The van der Waals surface area contributed by atoms with E-state index in [2.05, 4.69) is 6.92 Å². The minimum Gasteiger partial charge on any atom is -0.394 e. The minimum absolute atomic E-state index is 0.00912. The van der Waals surface area contributed by atoms with Gasteiger partial charge in [-0.2, -0.15) is 0 Å². The summed E-state index contributed by atoms with van der Waals surface area (Å²) in [5.74, 6) is 0. The van der Waals surface area contributed by atoms with Crippen LogP contribution >= 0.6 is 0 Å². The van der Waals surface area contributed by atoms with E-state index in [1.807, 2.05) is 20.8 Å². The Morgan fingerprint density at radius 2 is 2.00 bits per heavy atom. The van der Waals surface area contributed by atoms with E-state index >= 15 is 0 Å². The third-order valence-electron chi connectivity index (χ3n) is 2.09. The van der Waals surface area contributed by atoms with Crippen molar-refractivity contribution in [3.8, 4) is 0 Å². The highest BCUT2D eigenvalue weighted by Crippen LogP contribution is 2.19. The summed E-state index contributed by atoms with van der Waals surface area (Å²) in [4.78, 5) is 0. The van der Waals surface area contributed by atoms with E-state index in [9.17, 15) is 0 Å². The Morgan fingerprint density at radius 3 is 2.31 bits per heavy atom. The molecule has 0 aromatic rings. The molecule has 2 atom stereocenters. The third-order valence-corrected chi connectivity index (χ3v) is 2.09. The number of ether oxygens (including phenoxy) is 1. The predicted molar refractivity (Wildman–Crippen MR) is 54.6 cm³/mol. The lowest BCUT2D eigenvalue weighted by Crippen LogP contribution is -2.42. The average Bonchev–Trinajstić information content (AvgIpc) is 1.99. The zero-order chi connectivity index (χ0) is 10.5. The van der Waals surface area contributed by atoms with Crippen molar-refractivity contribution in [1.82, 2.24) is 0 Å². The first-order chi connectivity index (χ1) is 5.93. The number of aliphatic hydroxyl groups is 1. The normalized spacial score (nSPS) is 17.1. The zero-order valence-corrected chi connectivity index (χ0v) is 9.21. The molecule has 2 unspecified atom stereocenters. The van der Waals surface area contributed by atoms with E-state index in [4.69, 9.17) is 15.6 Å². The van der Waals surface area contributed by atoms with E-state index in [0.717, 1.165) is 12.8 Å². The maximum atomic E-state index is 9.02. The summed E-state index contributed by atoms with van der Waals surface area (Å²) in [7, 11) is 0. The molecule has 0 saturated carbocycles. The van der Waals surface area contributed by atoms with Crippen molar-refractivity contribution in [1.29, 1.82) is 0 Å². The van der Waals surface area contributed by atoms with E-state index in [1.165, 1.54) is 0 Å². The highest BCUT2D eigenvalue weighted by atomic mass is 16.5. The predicted octanol–water partition coefficient (Wildman–Crippen LogP) is 1.29. The van der Waals surface area contributed by atoms with Crippen molar-refractivity contribution < 1.29 is 9.84 Å². The first-order valence-electron chi connectivity index (χ1n) is 4.97. The number of rotatable bonds is 6. The molecule has 80 valence electrons. The molecule has 0 rings (SSSR count). The molecule has 0 heterocycles. The third kappa shape index (κ3) is 5.24. The van der Waals surface area contributed by atoms with Crippen LogP contribution in [-0.2, 0) is 4.74 Å². The van der Waals surface area contributed by atoms with Gasteiger partial charge in [0.05, 0.1) is 18.3 Å². The van der Waals surface area contributed by atoms with Crippen molar-refractivity contribution in [2.75, 3.05) is 6.61 Å². The van der Waals surface area contributed by atoms with Gasteiger partial charge in [-0.3, -0.25) is 0 Å². The van der Waals surface area contributed by atoms with Gasteiger partial charge in [0, 0.05) is 6.04 Å². The molecule has 3 nitrogen and oxygen atoms in total. The van der Waals surface area contributed by atoms with Crippen LogP contribution in [0.25, 0.3) is 0 Å². The Labute approximate surface area is 81.3 Å². The molecule has 0 aliphatic heterocycles. The molecular weight excluding hydrogens is 166 g/mol. The largest absolute Gasteiger partial charge is 0.394 e. The van der Waals surface area contributed by atoms with Crippen LogP contribution in [0.2, 0.25) is 0 Å². The molecule has 0 bridgehead atoms. The standard InChI is InChI=1S/C10H23NO2/c1-5-6-10(3,4)13-9(7-12)8(2)11/h8-9,12H,5-7,11H2,1-4H3. The molecule has 0 aromatic carbocycles. The van der Waals surface area contributed by atoms with Gasteiger partial charge in [0.15, 0.2) is 0 Å². The van der Waals surface area contributed by atoms with Crippen LogP contribution in [0, 0.1) is 0 Å². The highest BCUT2D eigenvalue weighted by molar-refractivity contribution is 4.75. The fourth-order valence-corrected chi connectivity index (χ4v) is 1.38. The summed E-state index contributed by atoms with van der Waals surface area (Å²) in [6, 6.07) is -0.124. The summed E-state index contributed by atoms with van der Waals surface area (Å²) in [6.45, 7) is 8.02. The lowest BCUT2D eigenvalue weighted by Gasteiger charge is -2.31. The average molecular weight is 189 g/mol. The second-order valence-corrected chi connectivity index (χ2v) is 4.21. The van der Waals surface area contributed by atoms with Gasteiger partial charge in [0.25, 0.3) is 0 Å². The quantitative estimate of drug-likeness (QED) is 0.662. The van der Waals surface area contributed by atoms with Crippen molar-refractivity contribution >= 4 is 0 Å². The number of hydrogen-bond donors (Lipinski definition) is 2. The minimum atomic E-state index is -0.249. The van der Waals surface area contributed by atoms with Crippen molar-refractivity contribution in [2.24, 2.45) is 5.73 Å². The fourth-order valence-electron chi connectivity index (χ4n) is 1.38. The van der Waals surface area contributed by atoms with Gasteiger partial charge in [-0.05, 0) is 27.2 Å². The van der Waals surface area contributed by atoms with Crippen LogP contribution in [-0.4, -0.2) is 29.5 Å². The van der Waals surface area contributed by atoms with Crippen LogP contribution in [0.1, 0.15) is 40.5 Å². The summed E-state index contributed by atoms with van der Waals surface area (Å²) in [5, 5.41) is 9.02. The fraction of sp³-hybridized carbons (Fsp3) is 1.00. The Kier molecular flexibility index (Phi) is 5.53. The highest BCUT2D eigenvalue weighted by Gasteiger charge is 2.24. The summed E-state index contributed by atoms with van der Waals surface area (Å²) in [5.41, 5.74) is 5.48. The van der Waals surface area contributed by atoms with Crippen LogP contribution in [0.3, 0.4) is 0 Å². The monoisotopic (exact) mass is 189 g/mol. The molecule has 0 saturated heterocycles. The summed E-state index contributed by atoms with van der Waals surface area (Å²) < 4.78 is 5.71. The first kappa shape index (κ1) is 12.9. The molecule has 0 radical (unpaired) electrons. The van der Waals surface area contributed by atoms with E-state index in [0.29, 0.717) is 0 Å². The Balaban J connectivity index is 4.05. The maximum Gasteiger partial charge on any atom is 0.0960 e. The molecule has 0 spiro atoms. The summed E-state index contributed by atoms with van der Waals surface area (Å²) >= 11 is 0. The van der Waals surface area contributed by atoms with Gasteiger partial charge in [-0.15, -0.1) is 0 Å². The number of nitrogens with two attached hydrogens (primary N) is 1. The van der Waals surface area contributed by atoms with E-state index in [-0.39, 0.29) is 24.4 Å². The van der Waals surface area contributed by atoms with Gasteiger partial charge in [0.1, 0.15) is 0 Å². The molecule has 3 heteroatoms. The molecule has 0 amide bonds. The van der Waals surface area contributed by atoms with Crippen LogP contribution in [0.5, 0.6) is 0 Å². The smallest absolute Gasteiger partial charge is 0.0960 e. The topological polar surface area (TPSA) is 55.5 Å². The van der Waals surface area contributed by atoms with Gasteiger partial charge >= 0.3 is 0 Å². The van der Waals surface area contributed by atoms with Gasteiger partial charge in [-0.1, -0.05) is 13.3 Å². The number of aliphatic hydroxyl groups excluding tert-OH is 1. The van der Waals surface area contributed by atoms with E-state index < -0.39 is 0 Å². The van der Waals surface area contributed by atoms with Gasteiger partial charge < -0.3 is 15.6 Å². The van der Waals surface area contributed by atoms with Crippen molar-refractivity contribution in [2.45, 2.75) is 58.3 Å².